The van der Waals surface area contributed by atoms with Crippen molar-refractivity contribution < 1.29 is 9.59 Å². The van der Waals surface area contributed by atoms with Crippen LogP contribution >= 0.6 is 34.3 Å². The molecule has 0 aliphatic heterocycles. The molecule has 4 aromatic rings. The minimum Gasteiger partial charge on any atom is -0.326 e. The zero-order valence-electron chi connectivity index (χ0n) is 16.3. The van der Waals surface area contributed by atoms with Crippen LogP contribution in [0.3, 0.4) is 0 Å². The van der Waals surface area contributed by atoms with Gasteiger partial charge in [0.25, 0.3) is 5.56 Å². The third-order valence-corrected chi connectivity index (χ3v) is 6.63. The molecule has 2 amide bonds. The molecule has 0 spiro atoms. The summed E-state index contributed by atoms with van der Waals surface area (Å²) < 4.78 is 1.28. The van der Waals surface area contributed by atoms with Crippen molar-refractivity contribution in [2.24, 2.45) is 0 Å². The van der Waals surface area contributed by atoms with Gasteiger partial charge in [0.05, 0.1) is 22.4 Å². The molecule has 3 aromatic heterocycles. The standard InChI is InChI=1S/C21H17ClN4O3S2/c1-2-17(27)24-12-5-6-14(22)15(8-12)25-18(28)9-26-11-23-20-19(21(26)29)13(10-31-20)16-4-3-7-30-16/h3-8,10-11H,2,9H2,1H3,(H,24,27)(H,25,28). The van der Waals surface area contributed by atoms with E-state index in [4.69, 9.17) is 11.6 Å². The van der Waals surface area contributed by atoms with Gasteiger partial charge in [-0.15, -0.1) is 22.7 Å². The fourth-order valence-corrected chi connectivity index (χ4v) is 4.87. The molecule has 4 rings (SSSR count). The van der Waals surface area contributed by atoms with Crippen LogP contribution in [-0.2, 0) is 16.1 Å². The zero-order chi connectivity index (χ0) is 22.0. The fourth-order valence-electron chi connectivity index (χ4n) is 2.99. The van der Waals surface area contributed by atoms with Gasteiger partial charge >= 0.3 is 0 Å². The minimum absolute atomic E-state index is 0.150. The Labute approximate surface area is 190 Å². The lowest BCUT2D eigenvalue weighted by Gasteiger charge is -2.11. The van der Waals surface area contributed by atoms with Gasteiger partial charge in [-0.1, -0.05) is 24.6 Å². The van der Waals surface area contributed by atoms with E-state index < -0.39 is 5.91 Å². The highest BCUT2D eigenvalue weighted by Crippen LogP contribution is 2.33. The Hall–Kier alpha value is -3.01. The molecule has 0 saturated heterocycles. The van der Waals surface area contributed by atoms with E-state index in [1.54, 1.807) is 36.5 Å². The Morgan fingerprint density at radius 3 is 2.74 bits per heavy atom. The summed E-state index contributed by atoms with van der Waals surface area (Å²) in [6.07, 6.45) is 1.71. The van der Waals surface area contributed by atoms with E-state index in [9.17, 15) is 14.4 Å². The van der Waals surface area contributed by atoms with E-state index in [1.807, 2.05) is 22.9 Å². The highest BCUT2D eigenvalue weighted by atomic mass is 35.5. The first-order valence-corrected chi connectivity index (χ1v) is 11.5. The first kappa shape index (κ1) is 21.2. The van der Waals surface area contributed by atoms with Gasteiger partial charge in [-0.05, 0) is 29.6 Å². The molecule has 1 aromatic carbocycles. The highest BCUT2D eigenvalue weighted by molar-refractivity contribution is 7.18. The zero-order valence-corrected chi connectivity index (χ0v) is 18.7. The van der Waals surface area contributed by atoms with E-state index in [2.05, 4.69) is 15.6 Å². The molecule has 0 aliphatic rings. The van der Waals surface area contributed by atoms with E-state index in [0.717, 1.165) is 10.4 Å². The van der Waals surface area contributed by atoms with Gasteiger partial charge in [-0.2, -0.15) is 0 Å². The van der Waals surface area contributed by atoms with Gasteiger partial charge in [0, 0.05) is 27.9 Å². The van der Waals surface area contributed by atoms with Crippen LogP contribution in [0.2, 0.25) is 5.02 Å². The normalized spacial score (nSPS) is 10.9. The van der Waals surface area contributed by atoms with Crippen molar-refractivity contribution in [1.82, 2.24) is 9.55 Å². The fraction of sp³-hybridized carbons (Fsp3) is 0.143. The van der Waals surface area contributed by atoms with Crippen molar-refractivity contribution in [1.29, 1.82) is 0 Å². The van der Waals surface area contributed by atoms with Crippen molar-refractivity contribution in [3.8, 4) is 10.4 Å². The van der Waals surface area contributed by atoms with Crippen molar-refractivity contribution in [3.63, 3.8) is 0 Å². The monoisotopic (exact) mass is 472 g/mol. The van der Waals surface area contributed by atoms with Crippen molar-refractivity contribution in [2.75, 3.05) is 10.6 Å². The number of aromatic nitrogens is 2. The molecule has 0 radical (unpaired) electrons. The third-order valence-electron chi connectivity index (χ3n) is 4.51. The van der Waals surface area contributed by atoms with Crippen LogP contribution < -0.4 is 16.2 Å². The van der Waals surface area contributed by atoms with Crippen molar-refractivity contribution in [3.05, 3.63) is 62.8 Å². The first-order chi connectivity index (χ1) is 15.0. The number of thiophene rings is 2. The smallest absolute Gasteiger partial charge is 0.263 e. The summed E-state index contributed by atoms with van der Waals surface area (Å²) in [5, 5.41) is 10.1. The number of hydrogen-bond donors (Lipinski definition) is 2. The largest absolute Gasteiger partial charge is 0.326 e. The van der Waals surface area contributed by atoms with Crippen LogP contribution in [-0.4, -0.2) is 21.4 Å². The topological polar surface area (TPSA) is 93.1 Å². The second kappa shape index (κ2) is 9.01. The minimum atomic E-state index is -0.433. The van der Waals surface area contributed by atoms with Crippen LogP contribution in [0.4, 0.5) is 11.4 Å². The SMILES string of the molecule is CCC(=O)Nc1ccc(Cl)c(NC(=O)Cn2cnc3scc(-c4cccs4)c3c2=O)c1. The summed E-state index contributed by atoms with van der Waals surface area (Å²) in [5.74, 6) is -0.583. The average Bonchev–Trinajstić information content (AvgIpc) is 3.42. The molecule has 0 atom stereocenters. The lowest BCUT2D eigenvalue weighted by molar-refractivity contribution is -0.117. The number of carbonyl (C=O) groups excluding carboxylic acids is 2. The molecule has 0 saturated carbocycles. The number of carbonyl (C=O) groups is 2. The van der Waals surface area contributed by atoms with Gasteiger partial charge < -0.3 is 10.6 Å². The number of anilines is 2. The molecular weight excluding hydrogens is 456 g/mol. The van der Waals surface area contributed by atoms with Gasteiger partial charge in [0.1, 0.15) is 11.4 Å². The Balaban J connectivity index is 1.57. The second-order valence-electron chi connectivity index (χ2n) is 6.63. The summed E-state index contributed by atoms with van der Waals surface area (Å²) in [6.45, 7) is 1.53. The van der Waals surface area contributed by atoms with Gasteiger partial charge in [-0.3, -0.25) is 19.0 Å². The van der Waals surface area contributed by atoms with Crippen LogP contribution in [0.1, 0.15) is 13.3 Å². The predicted molar refractivity (Wildman–Crippen MR) is 126 cm³/mol. The number of benzene rings is 1. The summed E-state index contributed by atoms with van der Waals surface area (Å²) in [6, 6.07) is 8.68. The first-order valence-electron chi connectivity index (χ1n) is 9.36. The number of halogens is 1. The quantitative estimate of drug-likeness (QED) is 0.420. The number of rotatable bonds is 6. The number of fused-ring (bicyclic) bond motifs is 1. The Kier molecular flexibility index (Phi) is 6.17. The van der Waals surface area contributed by atoms with Gasteiger partial charge in [0.15, 0.2) is 0 Å². The van der Waals surface area contributed by atoms with E-state index in [-0.39, 0.29) is 18.0 Å². The Bertz CT molecular complexity index is 1330. The van der Waals surface area contributed by atoms with Crippen molar-refractivity contribution >= 4 is 67.7 Å². The molecule has 2 N–H and O–H groups in total. The number of nitrogens with one attached hydrogen (secondary N) is 2. The number of amides is 2. The van der Waals surface area contributed by atoms with Crippen molar-refractivity contribution in [2.45, 2.75) is 19.9 Å². The lowest BCUT2D eigenvalue weighted by atomic mass is 10.2. The molecule has 0 fully saturated rings. The van der Waals surface area contributed by atoms with Crippen LogP contribution in [0, 0.1) is 0 Å². The second-order valence-corrected chi connectivity index (χ2v) is 8.84. The Morgan fingerprint density at radius 2 is 2.00 bits per heavy atom. The number of hydrogen-bond acceptors (Lipinski definition) is 6. The van der Waals surface area contributed by atoms with E-state index in [0.29, 0.717) is 33.0 Å². The molecule has 3 heterocycles. The summed E-state index contributed by atoms with van der Waals surface area (Å²) in [5.41, 5.74) is 1.41. The van der Waals surface area contributed by atoms with E-state index in [1.165, 1.54) is 22.2 Å². The van der Waals surface area contributed by atoms with E-state index >= 15 is 0 Å². The third kappa shape index (κ3) is 4.53. The lowest BCUT2D eigenvalue weighted by Crippen LogP contribution is -2.27. The van der Waals surface area contributed by atoms with Gasteiger partial charge in [-0.25, -0.2) is 4.98 Å². The summed E-state index contributed by atoms with van der Waals surface area (Å²) in [7, 11) is 0. The molecular formula is C21H17ClN4O3S2. The molecule has 31 heavy (non-hydrogen) atoms. The molecule has 10 heteroatoms. The maximum atomic E-state index is 13.0. The van der Waals surface area contributed by atoms with Crippen LogP contribution in [0.5, 0.6) is 0 Å². The van der Waals surface area contributed by atoms with Crippen LogP contribution in [0.25, 0.3) is 20.7 Å². The summed E-state index contributed by atoms with van der Waals surface area (Å²) >= 11 is 9.12. The summed E-state index contributed by atoms with van der Waals surface area (Å²) in [4.78, 5) is 43.2. The number of nitrogens with zero attached hydrogens (tertiary/aromatic N) is 2. The molecule has 0 bridgehead atoms. The van der Waals surface area contributed by atoms with Gasteiger partial charge in [0.2, 0.25) is 11.8 Å². The predicted octanol–water partition coefficient (Wildman–Crippen LogP) is 4.83. The maximum absolute atomic E-state index is 13.0. The Morgan fingerprint density at radius 1 is 1.16 bits per heavy atom. The molecule has 7 nitrogen and oxygen atoms in total. The average molecular weight is 473 g/mol. The van der Waals surface area contributed by atoms with Crippen LogP contribution in [0.15, 0.2) is 52.2 Å². The molecule has 0 aliphatic carbocycles. The highest BCUT2D eigenvalue weighted by Gasteiger charge is 2.16. The maximum Gasteiger partial charge on any atom is 0.263 e. The molecule has 158 valence electrons. The molecule has 0 unspecified atom stereocenters.